The van der Waals surface area contributed by atoms with E-state index in [1.165, 1.54) is 11.1 Å². The molecule has 130 valence electrons. The minimum Gasteiger partial charge on any atom is -0.391 e. The standard InChI is InChI=1S/C17H25N5OS/c1-3-16(23)11-22-9-14(8-19-22)13-4-6-21(7-5-13)10-15-12-24-17(18-2)20-15/h4,8-9,12,16,23H,3,5-7,10-11H2,1-2H3,(H,18,20)/t16-/m1/s1. The summed E-state index contributed by atoms with van der Waals surface area (Å²) in [7, 11) is 1.90. The Labute approximate surface area is 146 Å². The van der Waals surface area contributed by atoms with E-state index in [1.807, 2.05) is 31.0 Å². The second-order valence-corrected chi connectivity index (χ2v) is 6.98. The van der Waals surface area contributed by atoms with E-state index in [4.69, 9.17) is 0 Å². The number of aliphatic hydroxyl groups is 1. The van der Waals surface area contributed by atoms with Crippen molar-refractivity contribution in [3.05, 3.63) is 35.1 Å². The maximum atomic E-state index is 9.73. The van der Waals surface area contributed by atoms with Crippen LogP contribution in [0, 0.1) is 0 Å². The number of thiazole rings is 1. The highest BCUT2D eigenvalue weighted by Gasteiger charge is 2.16. The predicted octanol–water partition coefficient (Wildman–Crippen LogP) is 2.44. The fraction of sp³-hybridized carbons (Fsp3) is 0.529. The Hall–Kier alpha value is -1.70. The van der Waals surface area contributed by atoms with Crippen molar-refractivity contribution in [1.82, 2.24) is 19.7 Å². The fourth-order valence-corrected chi connectivity index (χ4v) is 3.48. The first-order valence-corrected chi connectivity index (χ1v) is 9.30. The van der Waals surface area contributed by atoms with Crippen LogP contribution in [0.4, 0.5) is 5.13 Å². The van der Waals surface area contributed by atoms with Gasteiger partial charge in [-0.3, -0.25) is 9.58 Å². The number of anilines is 1. The molecule has 0 saturated carbocycles. The van der Waals surface area contributed by atoms with Crippen molar-refractivity contribution in [2.75, 3.05) is 25.5 Å². The average molecular weight is 347 g/mol. The van der Waals surface area contributed by atoms with Gasteiger partial charge in [0.1, 0.15) is 0 Å². The number of nitrogens with one attached hydrogen (secondary N) is 1. The van der Waals surface area contributed by atoms with Crippen LogP contribution in [0.3, 0.4) is 0 Å². The highest BCUT2D eigenvalue weighted by atomic mass is 32.1. The van der Waals surface area contributed by atoms with Gasteiger partial charge >= 0.3 is 0 Å². The van der Waals surface area contributed by atoms with E-state index in [9.17, 15) is 5.11 Å². The van der Waals surface area contributed by atoms with Gasteiger partial charge in [0, 0.05) is 43.8 Å². The summed E-state index contributed by atoms with van der Waals surface area (Å²) in [6.45, 7) is 5.40. The van der Waals surface area contributed by atoms with Crippen LogP contribution in [0.5, 0.6) is 0 Å². The maximum absolute atomic E-state index is 9.73. The molecule has 0 spiro atoms. The Morgan fingerprint density at radius 2 is 2.33 bits per heavy atom. The van der Waals surface area contributed by atoms with Crippen molar-refractivity contribution in [3.8, 4) is 0 Å². The lowest BCUT2D eigenvalue weighted by Gasteiger charge is -2.25. The Morgan fingerprint density at radius 3 is 3.00 bits per heavy atom. The number of aliphatic hydroxyl groups excluding tert-OH is 1. The molecule has 1 aliphatic heterocycles. The Balaban J connectivity index is 1.57. The lowest BCUT2D eigenvalue weighted by molar-refractivity contribution is 0.145. The molecule has 0 aliphatic carbocycles. The average Bonchev–Trinajstić information content (AvgIpc) is 3.25. The number of nitrogens with zero attached hydrogens (tertiary/aromatic N) is 4. The number of hydrogen-bond donors (Lipinski definition) is 2. The third kappa shape index (κ3) is 4.23. The van der Waals surface area contributed by atoms with Gasteiger partial charge in [-0.2, -0.15) is 5.10 Å². The maximum Gasteiger partial charge on any atom is 0.182 e. The summed E-state index contributed by atoms with van der Waals surface area (Å²) in [4.78, 5) is 6.95. The summed E-state index contributed by atoms with van der Waals surface area (Å²) >= 11 is 1.65. The third-order valence-electron chi connectivity index (χ3n) is 4.32. The molecule has 7 heteroatoms. The zero-order valence-corrected chi connectivity index (χ0v) is 15.1. The summed E-state index contributed by atoms with van der Waals surface area (Å²) in [5.41, 5.74) is 3.64. The Kier molecular flexibility index (Phi) is 5.65. The van der Waals surface area contributed by atoms with E-state index in [0.29, 0.717) is 6.54 Å². The summed E-state index contributed by atoms with van der Waals surface area (Å²) in [5.74, 6) is 0. The van der Waals surface area contributed by atoms with Gasteiger partial charge in [0.2, 0.25) is 0 Å². The van der Waals surface area contributed by atoms with Gasteiger partial charge < -0.3 is 10.4 Å². The molecule has 3 heterocycles. The van der Waals surface area contributed by atoms with Crippen molar-refractivity contribution >= 4 is 22.0 Å². The van der Waals surface area contributed by atoms with Gasteiger partial charge in [-0.15, -0.1) is 11.3 Å². The second-order valence-electron chi connectivity index (χ2n) is 6.12. The van der Waals surface area contributed by atoms with Crippen LogP contribution in [-0.2, 0) is 13.1 Å². The van der Waals surface area contributed by atoms with E-state index in [0.717, 1.165) is 43.3 Å². The molecule has 0 saturated heterocycles. The van der Waals surface area contributed by atoms with Gasteiger partial charge in [-0.1, -0.05) is 13.0 Å². The molecular weight excluding hydrogens is 322 g/mol. The van der Waals surface area contributed by atoms with Crippen LogP contribution in [-0.4, -0.2) is 51.0 Å². The molecule has 0 aromatic carbocycles. The SMILES string of the molecule is CC[C@@H](O)Cn1cc(C2=CCN(Cc3csc(NC)n3)CC2)cn1. The van der Waals surface area contributed by atoms with Crippen molar-refractivity contribution in [2.45, 2.75) is 39.0 Å². The minimum atomic E-state index is -0.325. The van der Waals surface area contributed by atoms with Gasteiger partial charge in [0.25, 0.3) is 0 Å². The van der Waals surface area contributed by atoms with Crippen LogP contribution >= 0.6 is 11.3 Å². The smallest absolute Gasteiger partial charge is 0.182 e. The molecule has 0 bridgehead atoms. The van der Waals surface area contributed by atoms with Crippen molar-refractivity contribution in [1.29, 1.82) is 0 Å². The third-order valence-corrected chi connectivity index (χ3v) is 5.23. The largest absolute Gasteiger partial charge is 0.391 e. The predicted molar refractivity (Wildman–Crippen MR) is 98.1 cm³/mol. The van der Waals surface area contributed by atoms with Gasteiger partial charge in [-0.05, 0) is 18.4 Å². The van der Waals surface area contributed by atoms with Crippen LogP contribution < -0.4 is 5.32 Å². The molecule has 0 unspecified atom stereocenters. The Morgan fingerprint density at radius 1 is 1.46 bits per heavy atom. The van der Waals surface area contributed by atoms with Crippen molar-refractivity contribution < 1.29 is 5.11 Å². The lowest BCUT2D eigenvalue weighted by Crippen LogP contribution is -2.28. The highest BCUT2D eigenvalue weighted by molar-refractivity contribution is 7.13. The molecular formula is C17H25N5OS. The topological polar surface area (TPSA) is 66.2 Å². The summed E-state index contributed by atoms with van der Waals surface area (Å²) < 4.78 is 1.84. The monoisotopic (exact) mass is 347 g/mol. The van der Waals surface area contributed by atoms with Crippen LogP contribution in [0.15, 0.2) is 23.8 Å². The first-order chi connectivity index (χ1) is 11.7. The van der Waals surface area contributed by atoms with Crippen LogP contribution in [0.25, 0.3) is 5.57 Å². The molecule has 24 heavy (non-hydrogen) atoms. The molecule has 6 nitrogen and oxygen atoms in total. The summed E-state index contributed by atoms with van der Waals surface area (Å²) in [6.07, 6.45) is 7.67. The van der Waals surface area contributed by atoms with E-state index >= 15 is 0 Å². The summed E-state index contributed by atoms with van der Waals surface area (Å²) in [5, 5.41) is 20.3. The van der Waals surface area contributed by atoms with Crippen LogP contribution in [0.1, 0.15) is 31.0 Å². The normalized spacial score (nSPS) is 16.9. The molecule has 2 aromatic heterocycles. The fourth-order valence-electron chi connectivity index (χ4n) is 2.81. The van der Waals surface area contributed by atoms with Crippen molar-refractivity contribution in [2.24, 2.45) is 0 Å². The van der Waals surface area contributed by atoms with E-state index < -0.39 is 0 Å². The van der Waals surface area contributed by atoms with Crippen LogP contribution in [0.2, 0.25) is 0 Å². The second kappa shape index (κ2) is 7.92. The molecule has 1 aliphatic rings. The van der Waals surface area contributed by atoms with E-state index in [-0.39, 0.29) is 6.10 Å². The van der Waals surface area contributed by atoms with Gasteiger partial charge in [0.15, 0.2) is 5.13 Å². The van der Waals surface area contributed by atoms with Crippen molar-refractivity contribution in [3.63, 3.8) is 0 Å². The molecule has 0 radical (unpaired) electrons. The minimum absolute atomic E-state index is 0.325. The quantitative estimate of drug-likeness (QED) is 0.805. The number of rotatable bonds is 7. The molecule has 0 amide bonds. The van der Waals surface area contributed by atoms with Gasteiger partial charge in [0.05, 0.1) is 24.5 Å². The number of hydrogen-bond acceptors (Lipinski definition) is 6. The molecule has 3 rings (SSSR count). The first-order valence-electron chi connectivity index (χ1n) is 8.42. The van der Waals surface area contributed by atoms with Gasteiger partial charge in [-0.25, -0.2) is 4.98 Å². The van der Waals surface area contributed by atoms with E-state index in [2.05, 4.69) is 31.8 Å². The molecule has 1 atom stereocenters. The molecule has 2 aromatic rings. The molecule has 0 fully saturated rings. The van der Waals surface area contributed by atoms with E-state index in [1.54, 1.807) is 11.3 Å². The lowest BCUT2D eigenvalue weighted by atomic mass is 10.0. The zero-order chi connectivity index (χ0) is 16.9. The number of aromatic nitrogens is 3. The zero-order valence-electron chi connectivity index (χ0n) is 14.3. The Bertz CT molecular complexity index is 693. The first kappa shape index (κ1) is 17.1. The highest BCUT2D eigenvalue weighted by Crippen LogP contribution is 2.23. The molecule has 2 N–H and O–H groups in total. The summed E-state index contributed by atoms with van der Waals surface area (Å²) in [6, 6.07) is 0.